The number of hydrogen-bond acceptors (Lipinski definition) is 11. The summed E-state index contributed by atoms with van der Waals surface area (Å²) in [4.78, 5) is 93.3. The van der Waals surface area contributed by atoms with E-state index in [2.05, 4.69) is 31.5 Å². The van der Waals surface area contributed by atoms with Crippen molar-refractivity contribution in [1.29, 1.82) is 0 Å². The number of fused-ring (bicyclic) bond motifs is 1. The molecule has 0 fully saturated rings. The molecule has 17 heteroatoms. The number of nitrogens with two attached hydrogens (primary N) is 3. The molecule has 0 aliphatic heterocycles. The van der Waals surface area contributed by atoms with E-state index in [1.165, 1.54) is 13.0 Å². The van der Waals surface area contributed by atoms with Gasteiger partial charge in [0.15, 0.2) is 0 Å². The highest BCUT2D eigenvalue weighted by Gasteiger charge is 2.31. The average molecular weight is 834 g/mol. The van der Waals surface area contributed by atoms with Crippen LogP contribution in [0.1, 0.15) is 94.5 Å². The van der Waals surface area contributed by atoms with Gasteiger partial charge in [-0.25, -0.2) is 4.79 Å². The minimum Gasteiger partial charge on any atom is -0.422 e. The van der Waals surface area contributed by atoms with Crippen LogP contribution >= 0.6 is 0 Å². The molecule has 0 aliphatic carbocycles. The maximum Gasteiger partial charge on any atom is 0.349 e. The number of benzene rings is 2. The number of amides is 6. The van der Waals surface area contributed by atoms with Crippen molar-refractivity contribution < 1.29 is 33.2 Å². The number of nitrogens with one attached hydrogen (secondary N) is 5. The number of hydrogen-bond donors (Lipinski definition) is 8. The van der Waals surface area contributed by atoms with Gasteiger partial charge < -0.3 is 53.1 Å². The molecule has 1 aromatic heterocycles. The van der Waals surface area contributed by atoms with Gasteiger partial charge in [0.05, 0.1) is 0 Å². The van der Waals surface area contributed by atoms with Crippen LogP contribution in [0.25, 0.3) is 11.0 Å². The van der Waals surface area contributed by atoms with E-state index in [9.17, 15) is 33.6 Å². The summed E-state index contributed by atoms with van der Waals surface area (Å²) in [5.74, 6) is -3.64. The van der Waals surface area contributed by atoms with E-state index in [4.69, 9.17) is 21.6 Å². The third kappa shape index (κ3) is 15.7. The van der Waals surface area contributed by atoms with Crippen molar-refractivity contribution in [2.45, 2.75) is 109 Å². The molecule has 0 spiro atoms. The molecule has 3 aromatic rings. The molecule has 60 heavy (non-hydrogen) atoms. The Morgan fingerprint density at radius 2 is 1.23 bits per heavy atom. The summed E-state index contributed by atoms with van der Waals surface area (Å²) in [7, 11) is 0. The summed E-state index contributed by atoms with van der Waals surface area (Å²) in [6, 6.07) is 11.8. The highest BCUT2D eigenvalue weighted by atomic mass is 16.4. The molecule has 4 atom stereocenters. The van der Waals surface area contributed by atoms with E-state index < -0.39 is 65.2 Å². The molecular formula is C43H63N9O8. The molecule has 6 amide bonds. The minimum absolute atomic E-state index is 0.0924. The standard InChI is InChI=1S/C43H63N9O8/c1-4-52(5-2)31-21-20-30-26-32(43(59)60-37(30)27-31)39(55)47-24-14-11-17-33(38(46)54)49-41(57)35(19-10-13-23-45)50-42(58)36(25-29-15-7-6-8-16-29)51-40(56)34(48-28(3)53)18-9-12-22-44/h6-8,15-16,20-21,26-27,33-36H,4-5,9-14,17-19,22-25,44-45H2,1-3H3,(H2,46,54)(H,47,55)(H,48,53)(H,49,57)(H,50,58)(H,51,56)/t33-,34-,35-,36-/m0/s1. The van der Waals surface area contributed by atoms with Crippen LogP contribution < -0.4 is 54.3 Å². The first-order chi connectivity index (χ1) is 28.8. The van der Waals surface area contributed by atoms with Crippen molar-refractivity contribution in [3.05, 3.63) is 76.1 Å². The maximum absolute atomic E-state index is 13.9. The Labute approximate surface area is 351 Å². The summed E-state index contributed by atoms with van der Waals surface area (Å²) in [5, 5.41) is 14.2. The van der Waals surface area contributed by atoms with E-state index in [-0.39, 0.29) is 31.4 Å². The zero-order chi connectivity index (χ0) is 44.0. The van der Waals surface area contributed by atoms with Crippen LogP contribution in [0.15, 0.2) is 63.8 Å². The molecule has 0 unspecified atom stereocenters. The molecule has 1 heterocycles. The van der Waals surface area contributed by atoms with Gasteiger partial charge in [0.2, 0.25) is 29.5 Å². The molecule has 0 aliphatic rings. The molecule has 0 bridgehead atoms. The summed E-state index contributed by atoms with van der Waals surface area (Å²) >= 11 is 0. The third-order valence-electron chi connectivity index (χ3n) is 10.1. The van der Waals surface area contributed by atoms with Crippen LogP contribution in [0, 0.1) is 0 Å². The van der Waals surface area contributed by atoms with Gasteiger partial charge in [-0.3, -0.25) is 28.8 Å². The number of primary amides is 1. The fourth-order valence-corrected chi connectivity index (χ4v) is 6.74. The zero-order valence-corrected chi connectivity index (χ0v) is 35.1. The minimum atomic E-state index is -1.12. The fraction of sp³-hybridized carbons (Fsp3) is 0.512. The van der Waals surface area contributed by atoms with Gasteiger partial charge in [-0.15, -0.1) is 0 Å². The van der Waals surface area contributed by atoms with Crippen LogP contribution in [0.3, 0.4) is 0 Å². The van der Waals surface area contributed by atoms with Crippen molar-refractivity contribution in [2.24, 2.45) is 17.2 Å². The first-order valence-corrected chi connectivity index (χ1v) is 20.8. The lowest BCUT2D eigenvalue weighted by molar-refractivity contribution is -0.134. The Kier molecular flexibility index (Phi) is 20.7. The molecule has 0 saturated carbocycles. The predicted octanol–water partition coefficient (Wildman–Crippen LogP) is 1.48. The lowest BCUT2D eigenvalue weighted by Crippen LogP contribution is -2.58. The van der Waals surface area contributed by atoms with Crippen molar-refractivity contribution >= 4 is 52.1 Å². The SMILES string of the molecule is CCN(CC)c1ccc2cc(C(=O)NCCCC[C@H](NC(=O)[C@H](CCCCN)NC(=O)[C@H](Cc3ccccc3)NC(=O)[C@H](CCCCN)NC(C)=O)C(N)=O)c(=O)oc2c1. The second-order valence-corrected chi connectivity index (χ2v) is 14.7. The van der Waals surface area contributed by atoms with Gasteiger partial charge >= 0.3 is 5.63 Å². The number of unbranched alkanes of at least 4 members (excludes halogenated alkanes) is 3. The molecule has 2 aromatic carbocycles. The Morgan fingerprint density at radius 1 is 0.683 bits per heavy atom. The van der Waals surface area contributed by atoms with Gasteiger partial charge in [-0.05, 0) is 108 Å². The second-order valence-electron chi connectivity index (χ2n) is 14.7. The monoisotopic (exact) mass is 833 g/mol. The summed E-state index contributed by atoms with van der Waals surface area (Å²) in [5.41, 5.74) is 18.2. The van der Waals surface area contributed by atoms with Crippen molar-refractivity contribution in [1.82, 2.24) is 26.6 Å². The van der Waals surface area contributed by atoms with E-state index in [1.807, 2.05) is 26.0 Å². The van der Waals surface area contributed by atoms with Gasteiger partial charge in [0.1, 0.15) is 35.3 Å². The van der Waals surface area contributed by atoms with Crippen LogP contribution in [0.5, 0.6) is 0 Å². The predicted molar refractivity (Wildman–Crippen MR) is 231 cm³/mol. The fourth-order valence-electron chi connectivity index (χ4n) is 6.74. The number of anilines is 1. The van der Waals surface area contributed by atoms with Crippen molar-refractivity contribution in [3.63, 3.8) is 0 Å². The molecule has 17 nitrogen and oxygen atoms in total. The zero-order valence-electron chi connectivity index (χ0n) is 35.1. The topological polar surface area (TPSA) is 274 Å². The first-order valence-electron chi connectivity index (χ1n) is 20.8. The van der Waals surface area contributed by atoms with Crippen LogP contribution in [0.2, 0.25) is 0 Å². The van der Waals surface area contributed by atoms with Crippen LogP contribution in [-0.2, 0) is 30.4 Å². The maximum atomic E-state index is 13.9. The van der Waals surface area contributed by atoms with Gasteiger partial charge in [-0.2, -0.15) is 0 Å². The number of carbonyl (C=O) groups excluding carboxylic acids is 6. The van der Waals surface area contributed by atoms with E-state index in [0.29, 0.717) is 69.0 Å². The summed E-state index contributed by atoms with van der Waals surface area (Å²) in [6.45, 7) is 7.86. The molecule has 0 saturated heterocycles. The number of rotatable bonds is 27. The highest BCUT2D eigenvalue weighted by molar-refractivity contribution is 5.97. The Bertz CT molecular complexity index is 1940. The Morgan fingerprint density at radius 3 is 1.82 bits per heavy atom. The number of carbonyl (C=O) groups is 6. The smallest absolute Gasteiger partial charge is 0.349 e. The first kappa shape index (κ1) is 48.6. The summed E-state index contributed by atoms with van der Waals surface area (Å²) < 4.78 is 5.48. The molecule has 0 radical (unpaired) electrons. The van der Waals surface area contributed by atoms with Crippen molar-refractivity contribution in [3.8, 4) is 0 Å². The normalized spacial score (nSPS) is 13.0. The molecule has 328 valence electrons. The van der Waals surface area contributed by atoms with E-state index in [1.54, 1.807) is 36.4 Å². The molecule has 11 N–H and O–H groups in total. The quantitative estimate of drug-likeness (QED) is 0.0403. The molecular weight excluding hydrogens is 771 g/mol. The van der Waals surface area contributed by atoms with Crippen molar-refractivity contribution in [2.75, 3.05) is 37.6 Å². The van der Waals surface area contributed by atoms with Gasteiger partial charge in [0, 0.05) is 50.1 Å². The second kappa shape index (κ2) is 25.6. The Balaban J connectivity index is 1.65. The lowest BCUT2D eigenvalue weighted by Gasteiger charge is -2.26. The third-order valence-corrected chi connectivity index (χ3v) is 10.1. The van der Waals surface area contributed by atoms with E-state index in [0.717, 1.165) is 24.3 Å². The largest absolute Gasteiger partial charge is 0.422 e. The number of nitrogens with zero attached hydrogens (tertiary/aromatic N) is 1. The van der Waals surface area contributed by atoms with Gasteiger partial charge in [0.25, 0.3) is 5.91 Å². The van der Waals surface area contributed by atoms with Gasteiger partial charge in [-0.1, -0.05) is 30.3 Å². The Hall–Kier alpha value is -5.81. The van der Waals surface area contributed by atoms with E-state index >= 15 is 0 Å². The van der Waals surface area contributed by atoms with Crippen LogP contribution in [0.4, 0.5) is 5.69 Å². The average Bonchev–Trinajstić information content (AvgIpc) is 3.22. The van der Waals surface area contributed by atoms with Crippen LogP contribution in [-0.4, -0.2) is 92.3 Å². The highest BCUT2D eigenvalue weighted by Crippen LogP contribution is 2.22. The molecule has 3 rings (SSSR count). The summed E-state index contributed by atoms with van der Waals surface area (Å²) in [6.07, 6.45) is 3.74. The lowest BCUT2D eigenvalue weighted by atomic mass is 10.0.